The Labute approximate surface area is 148 Å². The van der Waals surface area contributed by atoms with Gasteiger partial charge in [-0.2, -0.15) is 0 Å². The first-order chi connectivity index (χ1) is 11.1. The van der Waals surface area contributed by atoms with Gasteiger partial charge in [0.2, 0.25) is 0 Å². The van der Waals surface area contributed by atoms with E-state index in [0.29, 0.717) is 0 Å². The first kappa shape index (κ1) is 18.3. The van der Waals surface area contributed by atoms with Crippen molar-refractivity contribution in [2.24, 2.45) is 0 Å². The van der Waals surface area contributed by atoms with Gasteiger partial charge in [0.1, 0.15) is 11.6 Å². The van der Waals surface area contributed by atoms with Gasteiger partial charge in [0, 0.05) is 28.0 Å². The molecule has 0 saturated heterocycles. The molecule has 1 aromatic carbocycles. The number of halogens is 1. The van der Waals surface area contributed by atoms with E-state index in [1.54, 1.807) is 27.0 Å². The summed E-state index contributed by atoms with van der Waals surface area (Å²) >= 11 is 3.50. The predicted molar refractivity (Wildman–Crippen MR) is 95.2 cm³/mol. The minimum atomic E-state index is -1.11. The van der Waals surface area contributed by atoms with Crippen LogP contribution in [0.5, 0.6) is 0 Å². The van der Waals surface area contributed by atoms with Crippen LogP contribution in [0.4, 0.5) is 4.79 Å². The molecule has 1 amide bonds. The van der Waals surface area contributed by atoms with Gasteiger partial charge >= 0.3 is 12.1 Å². The van der Waals surface area contributed by atoms with Crippen molar-refractivity contribution in [3.63, 3.8) is 0 Å². The summed E-state index contributed by atoms with van der Waals surface area (Å²) in [5.74, 6) is -1.11. The number of carbonyl (C=O) groups excluding carboxylic acids is 1. The van der Waals surface area contributed by atoms with Crippen LogP contribution in [0, 0.1) is 6.92 Å². The van der Waals surface area contributed by atoms with Gasteiger partial charge in [-0.25, -0.2) is 9.59 Å². The van der Waals surface area contributed by atoms with Crippen LogP contribution >= 0.6 is 15.9 Å². The predicted octanol–water partition coefficient (Wildman–Crippen LogP) is 3.76. The van der Waals surface area contributed by atoms with E-state index in [0.717, 1.165) is 26.5 Å². The number of H-pyrrole nitrogens is 1. The molecule has 1 unspecified atom stereocenters. The number of amides is 1. The van der Waals surface area contributed by atoms with Crippen molar-refractivity contribution in [2.75, 3.05) is 0 Å². The number of aromatic nitrogens is 1. The smallest absolute Gasteiger partial charge is 0.408 e. The summed E-state index contributed by atoms with van der Waals surface area (Å²) in [6.45, 7) is 7.15. The topological polar surface area (TPSA) is 91.4 Å². The second-order valence-corrected chi connectivity index (χ2v) is 7.52. The highest BCUT2D eigenvalue weighted by Crippen LogP contribution is 2.30. The molecular formula is C17H21BrN2O4. The molecule has 0 radical (unpaired) electrons. The highest BCUT2D eigenvalue weighted by Gasteiger charge is 2.25. The number of carbonyl (C=O) groups is 2. The largest absolute Gasteiger partial charge is 0.480 e. The molecule has 2 aromatic rings. The number of fused-ring (bicyclic) bond motifs is 1. The molecule has 0 aliphatic heterocycles. The molecule has 1 aromatic heterocycles. The lowest BCUT2D eigenvalue weighted by Crippen LogP contribution is -2.44. The Morgan fingerprint density at radius 3 is 2.62 bits per heavy atom. The molecule has 2 rings (SSSR count). The van der Waals surface area contributed by atoms with Gasteiger partial charge in [-0.3, -0.25) is 0 Å². The number of hydrogen-bond acceptors (Lipinski definition) is 3. The number of carboxylic acids is 1. The Morgan fingerprint density at radius 2 is 2.04 bits per heavy atom. The van der Waals surface area contributed by atoms with Crippen molar-refractivity contribution in [1.29, 1.82) is 0 Å². The molecule has 6 nitrogen and oxygen atoms in total. The maximum Gasteiger partial charge on any atom is 0.408 e. The van der Waals surface area contributed by atoms with Gasteiger partial charge in [-0.15, -0.1) is 0 Å². The summed E-state index contributed by atoms with van der Waals surface area (Å²) in [5, 5.41) is 12.8. The summed E-state index contributed by atoms with van der Waals surface area (Å²) in [4.78, 5) is 26.6. The van der Waals surface area contributed by atoms with E-state index < -0.39 is 23.7 Å². The molecule has 0 aliphatic carbocycles. The summed E-state index contributed by atoms with van der Waals surface area (Å²) in [6, 6.07) is 2.82. The SMILES string of the molecule is Cc1ccc(Br)c2c(CC(NC(=O)OC(C)(C)C)C(=O)O)c[nH]c12. The van der Waals surface area contributed by atoms with Crippen molar-refractivity contribution in [1.82, 2.24) is 10.3 Å². The summed E-state index contributed by atoms with van der Waals surface area (Å²) in [6.07, 6.45) is 1.18. The number of aromatic amines is 1. The van der Waals surface area contributed by atoms with E-state index in [4.69, 9.17) is 4.74 Å². The molecule has 7 heteroatoms. The molecule has 130 valence electrons. The van der Waals surface area contributed by atoms with E-state index >= 15 is 0 Å². The summed E-state index contributed by atoms with van der Waals surface area (Å²) in [5.41, 5.74) is 2.13. The van der Waals surface area contributed by atoms with E-state index in [2.05, 4.69) is 26.2 Å². The highest BCUT2D eigenvalue weighted by atomic mass is 79.9. The molecule has 24 heavy (non-hydrogen) atoms. The van der Waals surface area contributed by atoms with E-state index in [-0.39, 0.29) is 6.42 Å². The van der Waals surface area contributed by atoms with E-state index in [1.165, 1.54) is 0 Å². The monoisotopic (exact) mass is 396 g/mol. The fourth-order valence-corrected chi connectivity index (χ4v) is 3.03. The lowest BCUT2D eigenvalue weighted by molar-refractivity contribution is -0.139. The zero-order valence-electron chi connectivity index (χ0n) is 14.1. The Morgan fingerprint density at radius 1 is 1.38 bits per heavy atom. The fraction of sp³-hybridized carbons (Fsp3) is 0.412. The minimum Gasteiger partial charge on any atom is -0.480 e. The van der Waals surface area contributed by atoms with Gasteiger partial charge in [-0.1, -0.05) is 22.0 Å². The molecule has 0 spiro atoms. The Bertz CT molecular complexity index is 777. The normalized spacial score (nSPS) is 12.9. The first-order valence-corrected chi connectivity index (χ1v) is 8.35. The van der Waals surface area contributed by atoms with Crippen LogP contribution in [0.15, 0.2) is 22.8 Å². The second kappa shape index (κ2) is 6.84. The minimum absolute atomic E-state index is 0.149. The maximum atomic E-state index is 11.9. The third-order valence-electron chi connectivity index (χ3n) is 3.49. The number of nitrogens with one attached hydrogen (secondary N) is 2. The van der Waals surface area contributed by atoms with Crippen molar-refractivity contribution in [3.8, 4) is 0 Å². The van der Waals surface area contributed by atoms with E-state index in [1.807, 2.05) is 19.1 Å². The number of benzene rings is 1. The lowest BCUT2D eigenvalue weighted by atomic mass is 10.0. The average Bonchev–Trinajstić information content (AvgIpc) is 2.85. The van der Waals surface area contributed by atoms with E-state index in [9.17, 15) is 14.7 Å². The van der Waals surface area contributed by atoms with Gasteiger partial charge in [0.15, 0.2) is 0 Å². The second-order valence-electron chi connectivity index (χ2n) is 6.67. The molecule has 0 aliphatic rings. The Hall–Kier alpha value is -2.02. The van der Waals surface area contributed by atoms with Crippen molar-refractivity contribution >= 4 is 38.9 Å². The van der Waals surface area contributed by atoms with Crippen molar-refractivity contribution in [2.45, 2.75) is 45.8 Å². The fourth-order valence-electron chi connectivity index (χ4n) is 2.44. The third-order valence-corrected chi connectivity index (χ3v) is 4.15. The van der Waals surface area contributed by atoms with Crippen LogP contribution in [-0.4, -0.2) is 33.8 Å². The van der Waals surface area contributed by atoms with Crippen molar-refractivity contribution in [3.05, 3.63) is 33.9 Å². The first-order valence-electron chi connectivity index (χ1n) is 7.56. The lowest BCUT2D eigenvalue weighted by Gasteiger charge is -2.22. The highest BCUT2D eigenvalue weighted by molar-refractivity contribution is 9.10. The molecule has 0 fully saturated rings. The number of aryl methyl sites for hydroxylation is 1. The molecule has 0 bridgehead atoms. The van der Waals surface area contributed by atoms with Crippen molar-refractivity contribution < 1.29 is 19.4 Å². The molecule has 1 heterocycles. The van der Waals surface area contributed by atoms with Crippen LogP contribution in [-0.2, 0) is 16.0 Å². The average molecular weight is 397 g/mol. The maximum absolute atomic E-state index is 11.9. The zero-order valence-corrected chi connectivity index (χ0v) is 15.7. The number of ether oxygens (including phenoxy) is 1. The molecule has 1 atom stereocenters. The van der Waals surface area contributed by atoms with Crippen LogP contribution in [0.25, 0.3) is 10.9 Å². The van der Waals surface area contributed by atoms with Crippen LogP contribution < -0.4 is 5.32 Å². The number of carboxylic acid groups (broad SMARTS) is 1. The summed E-state index contributed by atoms with van der Waals surface area (Å²) < 4.78 is 6.01. The van der Waals surface area contributed by atoms with Crippen LogP contribution in [0.3, 0.4) is 0 Å². The number of hydrogen-bond donors (Lipinski definition) is 3. The molecular weight excluding hydrogens is 376 g/mol. The Kier molecular flexibility index (Phi) is 5.22. The van der Waals surface area contributed by atoms with Gasteiger partial charge < -0.3 is 20.1 Å². The number of rotatable bonds is 4. The quantitative estimate of drug-likeness (QED) is 0.733. The zero-order chi connectivity index (χ0) is 18.1. The third kappa shape index (κ3) is 4.29. The van der Waals surface area contributed by atoms with Gasteiger partial charge in [0.25, 0.3) is 0 Å². The Balaban J connectivity index is 2.25. The van der Waals surface area contributed by atoms with Gasteiger partial charge in [0.05, 0.1) is 0 Å². The van der Waals surface area contributed by atoms with Crippen LogP contribution in [0.2, 0.25) is 0 Å². The van der Waals surface area contributed by atoms with Crippen LogP contribution in [0.1, 0.15) is 31.9 Å². The number of alkyl carbamates (subject to hydrolysis) is 1. The number of aliphatic carboxylic acids is 1. The summed E-state index contributed by atoms with van der Waals surface area (Å²) in [7, 11) is 0. The molecule has 3 N–H and O–H groups in total. The molecule has 0 saturated carbocycles. The van der Waals surface area contributed by atoms with Gasteiger partial charge in [-0.05, 0) is 44.9 Å². The standard InChI is InChI=1S/C17H21BrN2O4/c1-9-5-6-11(18)13-10(8-19-14(9)13)7-12(15(21)22)20-16(23)24-17(2,3)4/h5-6,8,12,19H,7H2,1-4H3,(H,20,23)(H,21,22).